The van der Waals surface area contributed by atoms with Crippen LogP contribution in [0.1, 0.15) is 5.56 Å². The third kappa shape index (κ3) is 5.58. The van der Waals surface area contributed by atoms with Gasteiger partial charge in [0.25, 0.3) is 0 Å². The van der Waals surface area contributed by atoms with E-state index in [-0.39, 0.29) is 5.91 Å². The summed E-state index contributed by atoms with van der Waals surface area (Å²) in [5.74, 6) is 0.159. The lowest BCUT2D eigenvalue weighted by molar-refractivity contribution is -0.111. The summed E-state index contributed by atoms with van der Waals surface area (Å²) in [5, 5.41) is 4.27. The van der Waals surface area contributed by atoms with E-state index in [2.05, 4.69) is 22.2 Å². The number of anilines is 2. The number of ether oxygens (including phenoxy) is 1. The molecule has 3 rings (SSSR count). The maximum absolute atomic E-state index is 12.3. The zero-order valence-electron chi connectivity index (χ0n) is 16.2. The van der Waals surface area contributed by atoms with Crippen molar-refractivity contribution < 1.29 is 9.53 Å². The van der Waals surface area contributed by atoms with Crippen molar-refractivity contribution in [3.63, 3.8) is 0 Å². The van der Waals surface area contributed by atoms with Crippen LogP contribution < -0.4 is 15.0 Å². The maximum atomic E-state index is 12.3. The number of hydrogen-bond donors (Lipinski definition) is 1. The number of rotatable bonds is 5. The number of likely N-dealkylation sites (N-methyl/N-ethyl adjacent to an activating group) is 1. The predicted octanol–water partition coefficient (Wildman–Crippen LogP) is 5.06. The van der Waals surface area contributed by atoms with Gasteiger partial charge in [0, 0.05) is 48.5 Å². The highest BCUT2D eigenvalue weighted by Crippen LogP contribution is 2.33. The maximum Gasteiger partial charge on any atom is 0.248 e. The van der Waals surface area contributed by atoms with Gasteiger partial charge in [0.2, 0.25) is 5.91 Å². The average Bonchev–Trinajstić information content (AvgIpc) is 2.67. The highest BCUT2D eigenvalue weighted by molar-refractivity contribution is 6.36. The van der Waals surface area contributed by atoms with Crippen LogP contribution in [0.5, 0.6) is 5.75 Å². The van der Waals surface area contributed by atoms with Gasteiger partial charge in [0.1, 0.15) is 5.75 Å². The van der Waals surface area contributed by atoms with E-state index in [0.29, 0.717) is 32.1 Å². The van der Waals surface area contributed by atoms with Crippen molar-refractivity contribution in [3.8, 4) is 5.75 Å². The van der Waals surface area contributed by atoms with E-state index in [1.807, 2.05) is 12.1 Å². The molecule has 2 aromatic carbocycles. The summed E-state index contributed by atoms with van der Waals surface area (Å²) in [6, 6.07) is 8.81. The number of piperazine rings is 1. The van der Waals surface area contributed by atoms with Crippen LogP contribution in [0, 0.1) is 0 Å². The summed E-state index contributed by atoms with van der Waals surface area (Å²) in [5.41, 5.74) is 2.22. The zero-order valence-corrected chi connectivity index (χ0v) is 18.5. The van der Waals surface area contributed by atoms with E-state index < -0.39 is 0 Å². The topological polar surface area (TPSA) is 44.8 Å². The second-order valence-electron chi connectivity index (χ2n) is 6.79. The number of nitrogens with one attached hydrogen (secondary N) is 1. The van der Waals surface area contributed by atoms with Crippen molar-refractivity contribution in [1.82, 2.24) is 4.90 Å². The summed E-state index contributed by atoms with van der Waals surface area (Å²) >= 11 is 18.6. The molecule has 1 heterocycles. The third-order valence-electron chi connectivity index (χ3n) is 4.71. The molecule has 0 aliphatic carbocycles. The fourth-order valence-corrected chi connectivity index (χ4v) is 4.04. The molecule has 8 heteroatoms. The molecule has 0 unspecified atom stereocenters. The molecule has 29 heavy (non-hydrogen) atoms. The Hall–Kier alpha value is -1.92. The Balaban J connectivity index is 1.68. The quantitative estimate of drug-likeness (QED) is 0.642. The third-order valence-corrected chi connectivity index (χ3v) is 5.52. The molecule has 1 fully saturated rings. The van der Waals surface area contributed by atoms with Gasteiger partial charge in [0.05, 0.1) is 22.8 Å². The molecule has 1 aliphatic rings. The van der Waals surface area contributed by atoms with Crippen molar-refractivity contribution in [2.24, 2.45) is 0 Å². The van der Waals surface area contributed by atoms with Crippen LogP contribution in [-0.4, -0.2) is 51.1 Å². The molecular formula is C21H22Cl3N3O2. The molecule has 154 valence electrons. The van der Waals surface area contributed by atoms with Gasteiger partial charge in [-0.05, 0) is 43.5 Å². The fraction of sp³-hybridized carbons (Fsp3) is 0.286. The van der Waals surface area contributed by atoms with Crippen LogP contribution in [0.25, 0.3) is 6.08 Å². The predicted molar refractivity (Wildman–Crippen MR) is 122 cm³/mol. The summed E-state index contributed by atoms with van der Waals surface area (Å²) in [6.45, 7) is 3.84. The number of benzene rings is 2. The van der Waals surface area contributed by atoms with Crippen molar-refractivity contribution in [3.05, 3.63) is 57.0 Å². The highest BCUT2D eigenvalue weighted by atomic mass is 35.5. The van der Waals surface area contributed by atoms with Crippen LogP contribution in [-0.2, 0) is 4.79 Å². The van der Waals surface area contributed by atoms with Gasteiger partial charge in [-0.15, -0.1) is 0 Å². The summed E-state index contributed by atoms with van der Waals surface area (Å²) in [7, 11) is 3.62. The smallest absolute Gasteiger partial charge is 0.248 e. The number of methoxy groups -OCH3 is 1. The lowest BCUT2D eigenvalue weighted by atomic mass is 10.2. The molecule has 2 aromatic rings. The number of hydrogen-bond acceptors (Lipinski definition) is 4. The van der Waals surface area contributed by atoms with Crippen LogP contribution in [0.3, 0.4) is 0 Å². The molecular weight excluding hydrogens is 433 g/mol. The molecule has 0 spiro atoms. The molecule has 0 aromatic heterocycles. The first kappa shape index (κ1) is 21.8. The van der Waals surface area contributed by atoms with Gasteiger partial charge < -0.3 is 19.9 Å². The second kappa shape index (κ2) is 9.72. The Kier molecular flexibility index (Phi) is 7.30. The van der Waals surface area contributed by atoms with Crippen molar-refractivity contribution in [2.45, 2.75) is 0 Å². The van der Waals surface area contributed by atoms with Crippen molar-refractivity contribution in [1.29, 1.82) is 0 Å². The van der Waals surface area contributed by atoms with E-state index in [9.17, 15) is 4.79 Å². The first-order chi connectivity index (χ1) is 13.9. The molecule has 1 aliphatic heterocycles. The van der Waals surface area contributed by atoms with E-state index >= 15 is 0 Å². The Bertz CT molecular complexity index is 926. The molecule has 0 atom stereocenters. The highest BCUT2D eigenvalue weighted by Gasteiger charge is 2.17. The largest absolute Gasteiger partial charge is 0.495 e. The van der Waals surface area contributed by atoms with Crippen molar-refractivity contribution in [2.75, 3.05) is 50.6 Å². The standard InChI is InChI=1S/C21H22Cl3N3O2/c1-26-7-9-27(10-8-26)19-5-4-16(13-17(19)23)25-20(28)6-3-14-11-15(22)12-18(24)21(14)29-2/h3-6,11-13H,7-10H2,1-2H3,(H,25,28)/b6-3+. The van der Waals surface area contributed by atoms with Gasteiger partial charge in [0.15, 0.2) is 0 Å². The minimum absolute atomic E-state index is 0.299. The van der Waals surface area contributed by atoms with E-state index in [1.165, 1.54) is 13.2 Å². The lowest BCUT2D eigenvalue weighted by Crippen LogP contribution is -2.44. The summed E-state index contributed by atoms with van der Waals surface area (Å²) < 4.78 is 5.28. The van der Waals surface area contributed by atoms with Crippen LogP contribution >= 0.6 is 34.8 Å². The van der Waals surface area contributed by atoms with Crippen molar-refractivity contribution >= 4 is 58.2 Å². The normalized spacial score (nSPS) is 15.0. The molecule has 0 bridgehead atoms. The lowest BCUT2D eigenvalue weighted by Gasteiger charge is -2.34. The van der Waals surface area contributed by atoms with Crippen LogP contribution in [0.2, 0.25) is 15.1 Å². The van der Waals surface area contributed by atoms with E-state index in [0.717, 1.165) is 31.9 Å². The Labute approximate surface area is 185 Å². The molecule has 0 saturated carbocycles. The monoisotopic (exact) mass is 453 g/mol. The number of carbonyl (C=O) groups is 1. The number of nitrogens with zero attached hydrogens (tertiary/aromatic N) is 2. The first-order valence-electron chi connectivity index (χ1n) is 9.12. The molecule has 1 saturated heterocycles. The second-order valence-corrected chi connectivity index (χ2v) is 8.04. The average molecular weight is 455 g/mol. The van der Waals surface area contributed by atoms with E-state index in [1.54, 1.807) is 24.3 Å². The Morgan fingerprint density at radius 1 is 1.07 bits per heavy atom. The minimum Gasteiger partial charge on any atom is -0.495 e. The number of amides is 1. The summed E-state index contributed by atoms with van der Waals surface area (Å²) in [4.78, 5) is 16.9. The van der Waals surface area contributed by atoms with Gasteiger partial charge in [-0.3, -0.25) is 4.79 Å². The van der Waals surface area contributed by atoms with Gasteiger partial charge in [-0.2, -0.15) is 0 Å². The van der Waals surface area contributed by atoms with Gasteiger partial charge in [-0.25, -0.2) is 0 Å². The molecule has 1 amide bonds. The Morgan fingerprint density at radius 3 is 2.45 bits per heavy atom. The fourth-order valence-electron chi connectivity index (χ4n) is 3.16. The SMILES string of the molecule is COc1c(Cl)cc(Cl)cc1/C=C/C(=O)Nc1ccc(N2CCN(C)CC2)c(Cl)c1. The van der Waals surface area contributed by atoms with Gasteiger partial charge in [-0.1, -0.05) is 34.8 Å². The van der Waals surface area contributed by atoms with Crippen LogP contribution in [0.4, 0.5) is 11.4 Å². The molecule has 5 nitrogen and oxygen atoms in total. The van der Waals surface area contributed by atoms with Crippen LogP contribution in [0.15, 0.2) is 36.4 Å². The molecule has 1 N–H and O–H groups in total. The molecule has 0 radical (unpaired) electrons. The first-order valence-corrected chi connectivity index (χ1v) is 10.3. The number of halogens is 3. The van der Waals surface area contributed by atoms with Gasteiger partial charge >= 0.3 is 0 Å². The minimum atomic E-state index is -0.299. The zero-order chi connectivity index (χ0) is 21.0. The Morgan fingerprint density at radius 2 is 1.79 bits per heavy atom. The van der Waals surface area contributed by atoms with E-state index in [4.69, 9.17) is 39.5 Å². The number of carbonyl (C=O) groups excluding carboxylic acids is 1. The summed E-state index contributed by atoms with van der Waals surface area (Å²) in [6.07, 6.45) is 3.00.